The van der Waals surface area contributed by atoms with Gasteiger partial charge in [0.15, 0.2) is 0 Å². The molecule has 8 nitrogen and oxygen atoms in total. The Bertz CT molecular complexity index is 718. The van der Waals surface area contributed by atoms with Crippen LogP contribution in [-0.2, 0) is 28.8 Å². The second kappa shape index (κ2) is 11.2. The Morgan fingerprint density at radius 3 is 2.10 bits per heavy atom. The molecule has 0 N–H and O–H groups in total. The lowest BCUT2D eigenvalue weighted by Gasteiger charge is -2.21. The Kier molecular flexibility index (Phi) is 8.37. The minimum atomic E-state index is -0.715. The highest BCUT2D eigenvalue weighted by atomic mass is 16.7. The van der Waals surface area contributed by atoms with Crippen molar-refractivity contribution in [3.05, 3.63) is 12.2 Å². The van der Waals surface area contributed by atoms with E-state index in [4.69, 9.17) is 4.84 Å². The van der Waals surface area contributed by atoms with Gasteiger partial charge in [-0.3, -0.25) is 24.1 Å². The van der Waals surface area contributed by atoms with Crippen LogP contribution in [0, 0.1) is 11.8 Å². The molecule has 170 valence electrons. The Morgan fingerprint density at radius 1 is 0.903 bits per heavy atom. The molecule has 0 aromatic carbocycles. The first-order chi connectivity index (χ1) is 15.0. The van der Waals surface area contributed by atoms with Crippen molar-refractivity contribution in [2.45, 2.75) is 83.5 Å². The fourth-order valence-corrected chi connectivity index (χ4v) is 4.66. The number of carbonyl (C=O) groups excluding carboxylic acids is 5. The number of hydrogen-bond donors (Lipinski definition) is 0. The normalized spacial score (nSPS) is 23.7. The van der Waals surface area contributed by atoms with E-state index in [1.165, 1.54) is 44.3 Å². The van der Waals surface area contributed by atoms with Gasteiger partial charge in [-0.15, -0.1) is 5.06 Å². The van der Waals surface area contributed by atoms with Gasteiger partial charge in [-0.2, -0.15) is 0 Å². The summed E-state index contributed by atoms with van der Waals surface area (Å²) in [4.78, 5) is 66.2. The summed E-state index contributed by atoms with van der Waals surface area (Å²) in [5.74, 6) is -2.42. The molecule has 3 aliphatic rings. The minimum absolute atomic E-state index is 0.0884. The maximum atomic E-state index is 12.7. The molecule has 2 aliphatic heterocycles. The number of carbonyl (C=O) groups is 5. The van der Waals surface area contributed by atoms with Crippen molar-refractivity contribution >= 4 is 29.6 Å². The zero-order chi connectivity index (χ0) is 22.2. The lowest BCUT2D eigenvalue weighted by molar-refractivity contribution is -0.198. The molecule has 2 heterocycles. The zero-order valence-electron chi connectivity index (χ0n) is 18.1. The second-order valence-corrected chi connectivity index (χ2v) is 8.81. The molecule has 1 atom stereocenters. The average molecular weight is 433 g/mol. The van der Waals surface area contributed by atoms with Gasteiger partial charge in [-0.25, -0.2) is 4.79 Å². The number of amides is 4. The van der Waals surface area contributed by atoms with Gasteiger partial charge in [0.2, 0.25) is 0 Å². The number of hydrogen-bond acceptors (Lipinski definition) is 6. The summed E-state index contributed by atoms with van der Waals surface area (Å²) in [5, 5.41) is 0.626. The molecular formula is C23H32N2O6. The largest absolute Gasteiger partial charge is 0.333 e. The molecule has 4 amide bonds. The third-order valence-electron chi connectivity index (χ3n) is 6.40. The predicted octanol–water partition coefficient (Wildman–Crippen LogP) is 3.06. The van der Waals surface area contributed by atoms with Crippen LogP contribution in [0.15, 0.2) is 12.2 Å². The van der Waals surface area contributed by atoms with Crippen LogP contribution >= 0.6 is 0 Å². The van der Waals surface area contributed by atoms with Crippen molar-refractivity contribution in [3.63, 3.8) is 0 Å². The van der Waals surface area contributed by atoms with Gasteiger partial charge >= 0.3 is 5.97 Å². The molecule has 0 radical (unpaired) electrons. The lowest BCUT2D eigenvalue weighted by Crippen LogP contribution is -2.34. The second-order valence-electron chi connectivity index (χ2n) is 8.81. The van der Waals surface area contributed by atoms with Crippen LogP contribution in [0.2, 0.25) is 0 Å². The first-order valence-corrected chi connectivity index (χ1v) is 11.6. The van der Waals surface area contributed by atoms with Gasteiger partial charge in [0.25, 0.3) is 23.6 Å². The van der Waals surface area contributed by atoms with Crippen LogP contribution in [0.5, 0.6) is 0 Å². The highest BCUT2D eigenvalue weighted by Crippen LogP contribution is 2.32. The van der Waals surface area contributed by atoms with Gasteiger partial charge < -0.3 is 4.84 Å². The van der Waals surface area contributed by atoms with Gasteiger partial charge in [0, 0.05) is 31.5 Å². The molecule has 0 spiro atoms. The zero-order valence-corrected chi connectivity index (χ0v) is 18.1. The maximum absolute atomic E-state index is 12.7. The quantitative estimate of drug-likeness (QED) is 0.573. The minimum Gasteiger partial charge on any atom is -0.330 e. The van der Waals surface area contributed by atoms with E-state index in [1.54, 1.807) is 0 Å². The molecule has 1 unspecified atom stereocenters. The standard InChI is InChI=1S/C23H32N2O6/c26-19-12-13-20(27)24(19)14-8-11-22(29)31-25-21(28)16-18(23(25)30)15-17-9-6-4-2-1-3-5-7-10-17/h12-13,17-18H,1-11,14-16H2. The summed E-state index contributed by atoms with van der Waals surface area (Å²) in [6.45, 7) is 0.0893. The molecule has 0 aromatic heterocycles. The van der Waals surface area contributed by atoms with E-state index < -0.39 is 35.5 Å². The van der Waals surface area contributed by atoms with Crippen LogP contribution in [0.4, 0.5) is 0 Å². The van der Waals surface area contributed by atoms with Gasteiger partial charge in [0.05, 0.1) is 5.92 Å². The Morgan fingerprint density at radius 2 is 1.48 bits per heavy atom. The van der Waals surface area contributed by atoms with Gasteiger partial charge in [0.1, 0.15) is 0 Å². The van der Waals surface area contributed by atoms with Gasteiger partial charge in [-0.1, -0.05) is 57.8 Å². The molecule has 3 rings (SSSR count). The summed E-state index contributed by atoms with van der Waals surface area (Å²) in [6.07, 6.45) is 14.0. The fraction of sp³-hybridized carbons (Fsp3) is 0.696. The van der Waals surface area contributed by atoms with E-state index in [1.807, 2.05) is 0 Å². The van der Waals surface area contributed by atoms with Crippen LogP contribution in [-0.4, -0.2) is 46.1 Å². The van der Waals surface area contributed by atoms with E-state index in [-0.39, 0.29) is 25.8 Å². The molecule has 1 saturated carbocycles. The lowest BCUT2D eigenvalue weighted by atomic mass is 9.85. The fourth-order valence-electron chi connectivity index (χ4n) is 4.66. The summed E-state index contributed by atoms with van der Waals surface area (Å²) >= 11 is 0. The third kappa shape index (κ3) is 6.48. The molecular weight excluding hydrogens is 400 g/mol. The molecule has 31 heavy (non-hydrogen) atoms. The third-order valence-corrected chi connectivity index (χ3v) is 6.40. The Hall–Kier alpha value is -2.51. The smallest absolute Gasteiger partial charge is 0.330 e. The maximum Gasteiger partial charge on any atom is 0.333 e. The summed E-state index contributed by atoms with van der Waals surface area (Å²) in [7, 11) is 0. The number of hydroxylamine groups is 2. The first kappa shape index (κ1) is 23.2. The van der Waals surface area contributed by atoms with Crippen molar-refractivity contribution in [1.29, 1.82) is 0 Å². The molecule has 0 aromatic rings. The molecule has 1 aliphatic carbocycles. The topological polar surface area (TPSA) is 101 Å². The van der Waals surface area contributed by atoms with Crippen molar-refractivity contribution in [2.24, 2.45) is 11.8 Å². The highest BCUT2D eigenvalue weighted by molar-refractivity contribution is 6.12. The number of rotatable bonds is 7. The average Bonchev–Trinajstić information content (AvgIpc) is 3.20. The molecule has 8 heteroatoms. The van der Waals surface area contributed by atoms with Gasteiger partial charge in [-0.05, 0) is 18.8 Å². The Balaban J connectivity index is 1.43. The van der Waals surface area contributed by atoms with E-state index in [2.05, 4.69) is 0 Å². The van der Waals surface area contributed by atoms with Crippen LogP contribution in [0.25, 0.3) is 0 Å². The SMILES string of the molecule is O=C(CCCN1C(=O)C=CC1=O)ON1C(=O)CC(CC2CCCCCCCCC2)C1=O. The molecule has 0 bridgehead atoms. The summed E-state index contributed by atoms with van der Waals surface area (Å²) < 4.78 is 0. The van der Waals surface area contributed by atoms with Crippen LogP contribution in [0.1, 0.15) is 83.5 Å². The number of imide groups is 2. The summed E-state index contributed by atoms with van der Waals surface area (Å²) in [5.41, 5.74) is 0. The monoisotopic (exact) mass is 432 g/mol. The number of nitrogens with zero attached hydrogens (tertiary/aromatic N) is 2. The summed E-state index contributed by atoms with van der Waals surface area (Å²) in [6, 6.07) is 0. The van der Waals surface area contributed by atoms with E-state index in [9.17, 15) is 24.0 Å². The van der Waals surface area contributed by atoms with Crippen molar-refractivity contribution in [3.8, 4) is 0 Å². The first-order valence-electron chi connectivity index (χ1n) is 11.6. The van der Waals surface area contributed by atoms with E-state index in [0.717, 1.165) is 30.6 Å². The predicted molar refractivity (Wildman–Crippen MR) is 111 cm³/mol. The van der Waals surface area contributed by atoms with Crippen LogP contribution < -0.4 is 0 Å². The van der Waals surface area contributed by atoms with Crippen molar-refractivity contribution in [1.82, 2.24) is 9.96 Å². The Labute approximate surface area is 182 Å². The van der Waals surface area contributed by atoms with E-state index >= 15 is 0 Å². The highest BCUT2D eigenvalue weighted by Gasteiger charge is 2.42. The molecule has 2 fully saturated rings. The molecule has 1 saturated heterocycles. The van der Waals surface area contributed by atoms with Crippen molar-refractivity contribution in [2.75, 3.05) is 6.54 Å². The van der Waals surface area contributed by atoms with Crippen LogP contribution in [0.3, 0.4) is 0 Å². The van der Waals surface area contributed by atoms with E-state index in [0.29, 0.717) is 17.4 Å². The van der Waals surface area contributed by atoms with Crippen molar-refractivity contribution < 1.29 is 28.8 Å².